The van der Waals surface area contributed by atoms with Gasteiger partial charge in [0.15, 0.2) is 0 Å². The first kappa shape index (κ1) is 22.3. The molecule has 1 aromatic heterocycles. The van der Waals surface area contributed by atoms with Gasteiger partial charge in [-0.05, 0) is 50.6 Å². The molecule has 0 aliphatic heterocycles. The highest BCUT2D eigenvalue weighted by Crippen LogP contribution is 2.35. The zero-order valence-electron chi connectivity index (χ0n) is 19.5. The van der Waals surface area contributed by atoms with Gasteiger partial charge in [-0.25, -0.2) is 4.68 Å². The summed E-state index contributed by atoms with van der Waals surface area (Å²) in [5.41, 5.74) is 4.45. The molecule has 0 aliphatic rings. The van der Waals surface area contributed by atoms with Gasteiger partial charge < -0.3 is 9.64 Å². The van der Waals surface area contributed by atoms with Crippen LogP contribution in [0.5, 0.6) is 11.6 Å². The van der Waals surface area contributed by atoms with E-state index >= 15 is 0 Å². The highest BCUT2D eigenvalue weighted by Gasteiger charge is 2.26. The standard InChI is InChI=1S/C28H29N3O2/c1-20(2)31(27(32)23-15-9-6-10-16-23)19-25-26(22-13-7-5-8-14-22)29-30(4)28(25)33-24-17-11-12-21(3)18-24/h5-18,20H,19H2,1-4H3. The molecule has 0 radical (unpaired) electrons. The lowest BCUT2D eigenvalue weighted by Gasteiger charge is -2.27. The first-order chi connectivity index (χ1) is 15.9. The lowest BCUT2D eigenvalue weighted by molar-refractivity contribution is 0.0689. The quantitative estimate of drug-likeness (QED) is 0.342. The van der Waals surface area contributed by atoms with Crippen molar-refractivity contribution in [1.82, 2.24) is 14.7 Å². The molecule has 5 heteroatoms. The molecule has 1 heterocycles. The Bertz CT molecular complexity index is 1230. The summed E-state index contributed by atoms with van der Waals surface area (Å²) >= 11 is 0. The van der Waals surface area contributed by atoms with Crippen molar-refractivity contribution in [2.75, 3.05) is 0 Å². The van der Waals surface area contributed by atoms with Gasteiger partial charge in [-0.3, -0.25) is 4.79 Å². The molecule has 0 spiro atoms. The van der Waals surface area contributed by atoms with Crippen LogP contribution < -0.4 is 4.74 Å². The topological polar surface area (TPSA) is 47.4 Å². The Balaban J connectivity index is 1.79. The number of aromatic nitrogens is 2. The number of carbonyl (C=O) groups excluding carboxylic acids is 1. The van der Waals surface area contributed by atoms with E-state index in [-0.39, 0.29) is 11.9 Å². The molecule has 33 heavy (non-hydrogen) atoms. The van der Waals surface area contributed by atoms with Crippen LogP contribution in [0.2, 0.25) is 0 Å². The van der Waals surface area contributed by atoms with Gasteiger partial charge >= 0.3 is 0 Å². The van der Waals surface area contributed by atoms with Crippen LogP contribution in [0.15, 0.2) is 84.9 Å². The Hall–Kier alpha value is -3.86. The molecule has 0 bridgehead atoms. The maximum Gasteiger partial charge on any atom is 0.254 e. The van der Waals surface area contributed by atoms with Crippen LogP contribution in [0.3, 0.4) is 0 Å². The lowest BCUT2D eigenvalue weighted by Crippen LogP contribution is -2.36. The van der Waals surface area contributed by atoms with Gasteiger partial charge in [-0.2, -0.15) is 5.10 Å². The van der Waals surface area contributed by atoms with E-state index in [4.69, 9.17) is 9.84 Å². The molecule has 168 valence electrons. The predicted molar refractivity (Wildman–Crippen MR) is 131 cm³/mol. The van der Waals surface area contributed by atoms with Gasteiger partial charge in [0.05, 0.1) is 12.1 Å². The second-order valence-electron chi connectivity index (χ2n) is 8.43. The number of benzene rings is 3. The Morgan fingerprint density at radius 1 is 0.970 bits per heavy atom. The Morgan fingerprint density at radius 3 is 2.27 bits per heavy atom. The summed E-state index contributed by atoms with van der Waals surface area (Å²) in [5, 5.41) is 4.80. The molecule has 0 aliphatic carbocycles. The first-order valence-corrected chi connectivity index (χ1v) is 11.2. The highest BCUT2D eigenvalue weighted by atomic mass is 16.5. The number of nitrogens with zero attached hydrogens (tertiary/aromatic N) is 3. The Morgan fingerprint density at radius 2 is 1.64 bits per heavy atom. The molecule has 0 atom stereocenters. The first-order valence-electron chi connectivity index (χ1n) is 11.2. The number of hydrogen-bond acceptors (Lipinski definition) is 3. The fourth-order valence-corrected chi connectivity index (χ4v) is 3.85. The van der Waals surface area contributed by atoms with E-state index in [0.717, 1.165) is 28.1 Å². The number of hydrogen-bond donors (Lipinski definition) is 0. The molecule has 0 N–H and O–H groups in total. The molecule has 4 rings (SSSR count). The second kappa shape index (κ2) is 9.74. The minimum atomic E-state index is -0.0185. The SMILES string of the molecule is Cc1cccc(Oc2c(CN(C(=O)c3ccccc3)C(C)C)c(-c3ccccc3)nn2C)c1. The molecular weight excluding hydrogens is 410 g/mol. The Labute approximate surface area is 195 Å². The number of ether oxygens (including phenoxy) is 1. The molecule has 5 nitrogen and oxygen atoms in total. The minimum absolute atomic E-state index is 0.00615. The van der Waals surface area contributed by atoms with Gasteiger partial charge in [0.2, 0.25) is 5.88 Å². The molecular formula is C28H29N3O2. The molecule has 4 aromatic rings. The third-order valence-corrected chi connectivity index (χ3v) is 5.57. The van der Waals surface area contributed by atoms with E-state index in [0.29, 0.717) is 18.0 Å². The second-order valence-corrected chi connectivity index (χ2v) is 8.43. The molecule has 0 unspecified atom stereocenters. The number of carbonyl (C=O) groups is 1. The van der Waals surface area contributed by atoms with E-state index < -0.39 is 0 Å². The van der Waals surface area contributed by atoms with E-state index in [1.165, 1.54) is 0 Å². The largest absolute Gasteiger partial charge is 0.439 e. The minimum Gasteiger partial charge on any atom is -0.439 e. The van der Waals surface area contributed by atoms with Crippen LogP contribution in [0, 0.1) is 6.92 Å². The van der Waals surface area contributed by atoms with E-state index in [9.17, 15) is 4.79 Å². The normalized spacial score (nSPS) is 10.9. The van der Waals surface area contributed by atoms with Crippen LogP contribution in [-0.4, -0.2) is 26.6 Å². The van der Waals surface area contributed by atoms with Crippen LogP contribution in [0.1, 0.15) is 35.3 Å². The summed E-state index contributed by atoms with van der Waals surface area (Å²) in [7, 11) is 1.87. The summed E-state index contributed by atoms with van der Waals surface area (Å²) in [6, 6.07) is 27.3. The molecule has 0 saturated heterocycles. The van der Waals surface area contributed by atoms with Gasteiger partial charge in [0, 0.05) is 24.2 Å². The van der Waals surface area contributed by atoms with E-state index in [1.807, 2.05) is 118 Å². The average Bonchev–Trinajstić information content (AvgIpc) is 3.13. The van der Waals surface area contributed by atoms with Crippen molar-refractivity contribution in [3.63, 3.8) is 0 Å². The number of aryl methyl sites for hydroxylation is 2. The van der Waals surface area contributed by atoms with Crippen molar-refractivity contribution in [3.8, 4) is 22.9 Å². The smallest absolute Gasteiger partial charge is 0.254 e. The third kappa shape index (κ3) is 4.98. The van der Waals surface area contributed by atoms with Crippen molar-refractivity contribution < 1.29 is 9.53 Å². The average molecular weight is 440 g/mol. The van der Waals surface area contributed by atoms with Gasteiger partial charge in [0.25, 0.3) is 5.91 Å². The zero-order chi connectivity index (χ0) is 23.4. The fraction of sp³-hybridized carbons (Fsp3) is 0.214. The Kier molecular flexibility index (Phi) is 6.59. The van der Waals surface area contributed by atoms with E-state index in [2.05, 4.69) is 0 Å². The van der Waals surface area contributed by atoms with Gasteiger partial charge in [0.1, 0.15) is 11.4 Å². The van der Waals surface area contributed by atoms with E-state index in [1.54, 1.807) is 4.68 Å². The van der Waals surface area contributed by atoms with Crippen LogP contribution in [0.25, 0.3) is 11.3 Å². The monoisotopic (exact) mass is 439 g/mol. The molecule has 0 fully saturated rings. The summed E-state index contributed by atoms with van der Waals surface area (Å²) in [6.45, 7) is 6.47. The predicted octanol–water partition coefficient (Wildman–Crippen LogP) is 6.24. The maximum atomic E-state index is 13.4. The summed E-state index contributed by atoms with van der Waals surface area (Å²) in [4.78, 5) is 15.3. The van der Waals surface area contributed by atoms with Crippen molar-refractivity contribution in [2.24, 2.45) is 7.05 Å². The number of amides is 1. The summed E-state index contributed by atoms with van der Waals surface area (Å²) < 4.78 is 8.11. The highest BCUT2D eigenvalue weighted by molar-refractivity contribution is 5.94. The van der Waals surface area contributed by atoms with Gasteiger partial charge in [-0.1, -0.05) is 60.7 Å². The van der Waals surface area contributed by atoms with Crippen LogP contribution in [0.4, 0.5) is 0 Å². The fourth-order valence-electron chi connectivity index (χ4n) is 3.85. The summed E-state index contributed by atoms with van der Waals surface area (Å²) in [5.74, 6) is 1.35. The van der Waals surface area contributed by atoms with Crippen molar-refractivity contribution in [2.45, 2.75) is 33.4 Å². The van der Waals surface area contributed by atoms with Gasteiger partial charge in [-0.15, -0.1) is 0 Å². The third-order valence-electron chi connectivity index (χ3n) is 5.57. The number of rotatable bonds is 7. The van der Waals surface area contributed by atoms with Crippen LogP contribution >= 0.6 is 0 Å². The maximum absolute atomic E-state index is 13.4. The molecule has 1 amide bonds. The van der Waals surface area contributed by atoms with Crippen molar-refractivity contribution in [3.05, 3.63) is 102 Å². The van der Waals surface area contributed by atoms with Crippen molar-refractivity contribution in [1.29, 1.82) is 0 Å². The lowest BCUT2D eigenvalue weighted by atomic mass is 10.1. The zero-order valence-corrected chi connectivity index (χ0v) is 19.5. The molecule has 0 saturated carbocycles. The summed E-state index contributed by atoms with van der Waals surface area (Å²) in [6.07, 6.45) is 0. The van der Waals surface area contributed by atoms with Crippen LogP contribution in [-0.2, 0) is 13.6 Å². The molecule has 3 aromatic carbocycles. The van der Waals surface area contributed by atoms with Crippen molar-refractivity contribution >= 4 is 5.91 Å².